The fourth-order valence-electron chi connectivity index (χ4n) is 1.74. The van der Waals surface area contributed by atoms with E-state index in [1.165, 1.54) is 13.2 Å². The molecular weight excluding hydrogens is 286 g/mol. The first kappa shape index (κ1) is 18.2. The second-order valence-electron chi connectivity index (χ2n) is 7.00. The van der Waals surface area contributed by atoms with Crippen LogP contribution in [-0.4, -0.2) is 23.2 Å². The first-order chi connectivity index (χ1) is 9.93. The third kappa shape index (κ3) is 5.52. The van der Waals surface area contributed by atoms with Gasteiger partial charge in [-0.15, -0.1) is 0 Å². The molecule has 124 valence electrons. The maximum atomic E-state index is 11.3. The fraction of sp³-hybridized carbons (Fsp3) is 0.625. The van der Waals surface area contributed by atoms with Crippen LogP contribution in [0.5, 0.6) is 11.5 Å². The number of benzene rings is 1. The average molecular weight is 311 g/mol. The van der Waals surface area contributed by atoms with Crippen molar-refractivity contribution in [2.45, 2.75) is 59.4 Å². The predicted octanol–water partition coefficient (Wildman–Crippen LogP) is 4.10. The van der Waals surface area contributed by atoms with E-state index in [-0.39, 0.29) is 17.9 Å². The van der Waals surface area contributed by atoms with Gasteiger partial charge in [-0.25, -0.2) is 0 Å². The Labute approximate surface area is 131 Å². The number of hydrogen-bond donors (Lipinski definition) is 0. The van der Waals surface area contributed by atoms with E-state index in [0.717, 1.165) is 0 Å². The van der Waals surface area contributed by atoms with E-state index in [4.69, 9.17) is 14.2 Å². The molecule has 0 unspecified atom stereocenters. The molecule has 6 heteroatoms. The molecule has 0 atom stereocenters. The molecule has 0 radical (unpaired) electrons. The number of methoxy groups -OCH3 is 1. The number of nitro groups is 1. The third-order valence-electron chi connectivity index (χ3n) is 2.64. The SMILES string of the molecule is COc1cc(COC(C)(C)C)c([N+](=O)[O-])cc1OC(C)(C)C. The molecule has 1 aromatic rings. The van der Waals surface area contributed by atoms with Crippen LogP contribution in [0.2, 0.25) is 0 Å². The van der Waals surface area contributed by atoms with Crippen LogP contribution in [0.1, 0.15) is 47.1 Å². The molecule has 0 saturated carbocycles. The van der Waals surface area contributed by atoms with Gasteiger partial charge in [0.25, 0.3) is 5.69 Å². The van der Waals surface area contributed by atoms with Crippen LogP contribution in [0.25, 0.3) is 0 Å². The summed E-state index contributed by atoms with van der Waals surface area (Å²) >= 11 is 0. The zero-order chi connectivity index (χ0) is 17.1. The molecular formula is C16H25NO5. The van der Waals surface area contributed by atoms with Gasteiger partial charge in [0.2, 0.25) is 0 Å². The van der Waals surface area contributed by atoms with Crippen molar-refractivity contribution in [2.24, 2.45) is 0 Å². The highest BCUT2D eigenvalue weighted by Crippen LogP contribution is 2.37. The Bertz CT molecular complexity index is 541. The van der Waals surface area contributed by atoms with Crippen LogP contribution in [0.3, 0.4) is 0 Å². The average Bonchev–Trinajstić information content (AvgIpc) is 2.33. The number of ether oxygens (including phenoxy) is 3. The first-order valence-electron chi connectivity index (χ1n) is 7.11. The Morgan fingerprint density at radius 2 is 1.64 bits per heavy atom. The van der Waals surface area contributed by atoms with Crippen molar-refractivity contribution in [3.63, 3.8) is 0 Å². The summed E-state index contributed by atoms with van der Waals surface area (Å²) in [7, 11) is 1.51. The summed E-state index contributed by atoms with van der Waals surface area (Å²) in [4.78, 5) is 10.9. The van der Waals surface area contributed by atoms with Gasteiger partial charge in [-0.05, 0) is 47.6 Å². The van der Waals surface area contributed by atoms with Crippen molar-refractivity contribution < 1.29 is 19.1 Å². The molecule has 0 saturated heterocycles. The Hall–Kier alpha value is -1.82. The van der Waals surface area contributed by atoms with Crippen LogP contribution >= 0.6 is 0 Å². The van der Waals surface area contributed by atoms with Crippen molar-refractivity contribution >= 4 is 5.69 Å². The van der Waals surface area contributed by atoms with E-state index in [1.54, 1.807) is 6.07 Å². The highest BCUT2D eigenvalue weighted by atomic mass is 16.6. The topological polar surface area (TPSA) is 70.8 Å². The monoisotopic (exact) mass is 311 g/mol. The summed E-state index contributed by atoms with van der Waals surface area (Å²) in [6.45, 7) is 11.4. The van der Waals surface area contributed by atoms with Crippen molar-refractivity contribution in [2.75, 3.05) is 7.11 Å². The zero-order valence-corrected chi connectivity index (χ0v) is 14.4. The number of nitro benzene ring substituents is 1. The number of nitrogens with zero attached hydrogens (tertiary/aromatic N) is 1. The molecule has 22 heavy (non-hydrogen) atoms. The quantitative estimate of drug-likeness (QED) is 0.605. The second kappa shape index (κ2) is 6.52. The molecule has 0 N–H and O–H groups in total. The Morgan fingerprint density at radius 3 is 2.05 bits per heavy atom. The van der Waals surface area contributed by atoms with Gasteiger partial charge in [-0.2, -0.15) is 0 Å². The molecule has 0 fully saturated rings. The molecule has 0 bridgehead atoms. The minimum absolute atomic E-state index is 0.0377. The number of rotatable bonds is 5. The van der Waals surface area contributed by atoms with Crippen molar-refractivity contribution in [1.29, 1.82) is 0 Å². The highest BCUT2D eigenvalue weighted by molar-refractivity contribution is 5.54. The van der Waals surface area contributed by atoms with Gasteiger partial charge in [-0.1, -0.05) is 0 Å². The Kier molecular flexibility index (Phi) is 5.40. The maximum Gasteiger partial charge on any atom is 0.278 e. The predicted molar refractivity (Wildman–Crippen MR) is 84.6 cm³/mol. The Morgan fingerprint density at radius 1 is 1.05 bits per heavy atom. The summed E-state index contributed by atoms with van der Waals surface area (Å²) in [5.41, 5.74) is -0.450. The van der Waals surface area contributed by atoms with Crippen molar-refractivity contribution in [1.82, 2.24) is 0 Å². The van der Waals surface area contributed by atoms with Gasteiger partial charge in [0.1, 0.15) is 5.60 Å². The van der Waals surface area contributed by atoms with Crippen molar-refractivity contribution in [3.8, 4) is 11.5 Å². The molecule has 1 rings (SSSR count). The maximum absolute atomic E-state index is 11.3. The lowest BCUT2D eigenvalue weighted by Gasteiger charge is -2.23. The standard InChI is InChI=1S/C16H25NO5/c1-15(2,3)21-10-11-8-13(20-7)14(22-16(4,5)6)9-12(11)17(18)19/h8-9H,10H2,1-7H3. The molecule has 6 nitrogen and oxygen atoms in total. The second-order valence-corrected chi connectivity index (χ2v) is 7.00. The van der Waals surface area contributed by atoms with E-state index in [1.807, 2.05) is 41.5 Å². The third-order valence-corrected chi connectivity index (χ3v) is 2.64. The lowest BCUT2D eigenvalue weighted by atomic mass is 10.1. The van der Waals surface area contributed by atoms with Gasteiger partial charge in [0, 0.05) is 0 Å². The molecule has 0 spiro atoms. The Balaban J connectivity index is 3.25. The van der Waals surface area contributed by atoms with Gasteiger partial charge >= 0.3 is 0 Å². The molecule has 0 aromatic heterocycles. The van der Waals surface area contributed by atoms with E-state index in [0.29, 0.717) is 17.1 Å². The normalized spacial score (nSPS) is 12.1. The van der Waals surface area contributed by atoms with E-state index in [9.17, 15) is 10.1 Å². The van der Waals surface area contributed by atoms with E-state index < -0.39 is 10.5 Å². The fourth-order valence-corrected chi connectivity index (χ4v) is 1.74. The summed E-state index contributed by atoms with van der Waals surface area (Å²) in [5.74, 6) is 0.800. The lowest BCUT2D eigenvalue weighted by molar-refractivity contribution is -0.386. The van der Waals surface area contributed by atoms with Crippen LogP contribution in [0.15, 0.2) is 12.1 Å². The smallest absolute Gasteiger partial charge is 0.278 e. The lowest BCUT2D eigenvalue weighted by Crippen LogP contribution is -2.23. The van der Waals surface area contributed by atoms with Crippen LogP contribution < -0.4 is 9.47 Å². The van der Waals surface area contributed by atoms with Gasteiger partial charge in [0.05, 0.1) is 35.9 Å². The van der Waals surface area contributed by atoms with Crippen LogP contribution in [0, 0.1) is 10.1 Å². The highest BCUT2D eigenvalue weighted by Gasteiger charge is 2.24. The summed E-state index contributed by atoms with van der Waals surface area (Å²) < 4.78 is 16.7. The molecule has 1 aromatic carbocycles. The molecule has 0 aliphatic carbocycles. The largest absolute Gasteiger partial charge is 0.493 e. The van der Waals surface area contributed by atoms with Gasteiger partial charge < -0.3 is 14.2 Å². The van der Waals surface area contributed by atoms with Crippen LogP contribution in [-0.2, 0) is 11.3 Å². The van der Waals surface area contributed by atoms with E-state index >= 15 is 0 Å². The minimum Gasteiger partial charge on any atom is -0.493 e. The molecule has 0 aliphatic heterocycles. The molecule has 0 amide bonds. The van der Waals surface area contributed by atoms with Crippen molar-refractivity contribution in [3.05, 3.63) is 27.8 Å². The summed E-state index contributed by atoms with van der Waals surface area (Å²) in [6.07, 6.45) is 0. The van der Waals surface area contributed by atoms with E-state index in [2.05, 4.69) is 0 Å². The van der Waals surface area contributed by atoms with Gasteiger partial charge in [0.15, 0.2) is 11.5 Å². The number of hydrogen-bond acceptors (Lipinski definition) is 5. The molecule has 0 heterocycles. The first-order valence-corrected chi connectivity index (χ1v) is 7.11. The van der Waals surface area contributed by atoms with Gasteiger partial charge in [-0.3, -0.25) is 10.1 Å². The van der Waals surface area contributed by atoms with Crippen LogP contribution in [0.4, 0.5) is 5.69 Å². The molecule has 0 aliphatic rings. The minimum atomic E-state index is -0.482. The summed E-state index contributed by atoms with van der Waals surface area (Å²) in [5, 5.41) is 11.3. The summed E-state index contributed by atoms with van der Waals surface area (Å²) in [6, 6.07) is 3.00. The zero-order valence-electron chi connectivity index (χ0n) is 14.4.